The van der Waals surface area contributed by atoms with E-state index in [1.165, 1.54) is 19.2 Å². The van der Waals surface area contributed by atoms with Crippen molar-refractivity contribution in [3.63, 3.8) is 0 Å². The van der Waals surface area contributed by atoms with Crippen molar-refractivity contribution in [3.05, 3.63) is 58.7 Å². The average Bonchev–Trinajstić information content (AvgIpc) is 3.30. The van der Waals surface area contributed by atoms with E-state index in [2.05, 4.69) is 37.5 Å². The number of rotatable bonds is 9. The second-order valence-electron chi connectivity index (χ2n) is 16.0. The van der Waals surface area contributed by atoms with Gasteiger partial charge in [-0.3, -0.25) is 19.6 Å². The van der Waals surface area contributed by atoms with Gasteiger partial charge in [-0.05, 0) is 77.3 Å². The van der Waals surface area contributed by atoms with Crippen LogP contribution in [0.4, 0.5) is 14.9 Å². The SMILES string of the molecule is CO[C@@H](CO)c1nc2c(cc1Cc1ccc(F)cc1)N(C(=O)CN1C[C@@H](C)N(C(=O)OC(C)(C)C)C[C@@H]1CN1[C@H](C)COC[C@H]1C)CC2(C)C. The Balaban J connectivity index is 1.45. The van der Waals surface area contributed by atoms with Gasteiger partial charge in [0.2, 0.25) is 5.91 Å². The van der Waals surface area contributed by atoms with Crippen LogP contribution in [0.3, 0.4) is 0 Å². The van der Waals surface area contributed by atoms with Gasteiger partial charge in [0.15, 0.2) is 0 Å². The molecule has 4 heterocycles. The Morgan fingerprint density at radius 2 is 1.74 bits per heavy atom. The molecule has 276 valence electrons. The largest absolute Gasteiger partial charge is 0.444 e. The fourth-order valence-electron chi connectivity index (χ4n) is 7.50. The lowest BCUT2D eigenvalue weighted by molar-refractivity contribution is -0.122. The molecule has 1 aromatic heterocycles. The maximum atomic E-state index is 14.5. The Hall–Kier alpha value is -3.16. The summed E-state index contributed by atoms with van der Waals surface area (Å²) in [5.41, 5.74) is 2.73. The molecule has 0 saturated carbocycles. The molecule has 1 N–H and O–H groups in total. The third-order valence-electron chi connectivity index (χ3n) is 10.2. The van der Waals surface area contributed by atoms with Crippen molar-refractivity contribution in [2.75, 3.05) is 64.6 Å². The molecule has 50 heavy (non-hydrogen) atoms. The number of nitrogens with zero attached hydrogens (tertiary/aromatic N) is 5. The fraction of sp³-hybridized carbons (Fsp3) is 0.658. The third-order valence-corrected chi connectivity index (χ3v) is 10.2. The number of aliphatic hydroxyl groups is 1. The third kappa shape index (κ3) is 8.48. The van der Waals surface area contributed by atoms with Gasteiger partial charge >= 0.3 is 6.09 Å². The molecule has 0 aliphatic carbocycles. The predicted molar refractivity (Wildman–Crippen MR) is 190 cm³/mol. The Morgan fingerprint density at radius 1 is 1.08 bits per heavy atom. The van der Waals surface area contributed by atoms with Crippen molar-refractivity contribution in [2.45, 2.75) is 103 Å². The minimum atomic E-state index is -0.648. The lowest BCUT2D eigenvalue weighted by atomic mass is 9.90. The van der Waals surface area contributed by atoms with Gasteiger partial charge in [-0.15, -0.1) is 0 Å². The first-order valence-corrected chi connectivity index (χ1v) is 17.8. The van der Waals surface area contributed by atoms with E-state index in [-0.39, 0.29) is 55.1 Å². The summed E-state index contributed by atoms with van der Waals surface area (Å²) >= 11 is 0. The van der Waals surface area contributed by atoms with Crippen LogP contribution >= 0.6 is 0 Å². The topological polar surface area (TPSA) is 108 Å². The van der Waals surface area contributed by atoms with Crippen molar-refractivity contribution < 1.29 is 33.3 Å². The van der Waals surface area contributed by atoms with Crippen molar-refractivity contribution in [3.8, 4) is 0 Å². The molecule has 12 heteroatoms. The number of anilines is 1. The summed E-state index contributed by atoms with van der Waals surface area (Å²) in [6, 6.07) is 8.43. The van der Waals surface area contributed by atoms with Crippen LogP contribution in [0.15, 0.2) is 30.3 Å². The first-order chi connectivity index (χ1) is 23.5. The maximum Gasteiger partial charge on any atom is 0.410 e. The summed E-state index contributed by atoms with van der Waals surface area (Å²) in [4.78, 5) is 41.2. The lowest BCUT2D eigenvalue weighted by Crippen LogP contribution is -2.65. The number of halogens is 1. The van der Waals surface area contributed by atoms with Crippen LogP contribution in [0, 0.1) is 5.82 Å². The highest BCUT2D eigenvalue weighted by Crippen LogP contribution is 2.42. The number of ether oxygens (including phenoxy) is 3. The van der Waals surface area contributed by atoms with Gasteiger partial charge in [0.25, 0.3) is 0 Å². The molecule has 0 bridgehead atoms. The number of aliphatic hydroxyl groups excluding tert-OH is 1. The lowest BCUT2D eigenvalue weighted by Gasteiger charge is -2.48. The normalized spacial score (nSPS) is 25.0. The Kier molecular flexibility index (Phi) is 11.6. The summed E-state index contributed by atoms with van der Waals surface area (Å²) < 4.78 is 31.0. The molecule has 2 saturated heterocycles. The van der Waals surface area contributed by atoms with Crippen LogP contribution in [0.5, 0.6) is 0 Å². The number of aromatic nitrogens is 1. The van der Waals surface area contributed by atoms with E-state index in [1.807, 2.05) is 43.6 Å². The highest BCUT2D eigenvalue weighted by Gasteiger charge is 2.44. The zero-order valence-corrected chi connectivity index (χ0v) is 31.2. The van der Waals surface area contributed by atoms with E-state index >= 15 is 0 Å². The summed E-state index contributed by atoms with van der Waals surface area (Å²) in [5.74, 6) is -0.364. The number of pyridine rings is 1. The molecule has 5 atom stereocenters. The first-order valence-electron chi connectivity index (χ1n) is 17.8. The molecule has 2 amide bonds. The minimum Gasteiger partial charge on any atom is -0.444 e. The van der Waals surface area contributed by atoms with Crippen molar-refractivity contribution in [1.29, 1.82) is 0 Å². The number of piperazine rings is 1. The molecule has 2 fully saturated rings. The average molecular weight is 698 g/mol. The number of hydrogen-bond donors (Lipinski definition) is 1. The first kappa shape index (κ1) is 38.1. The van der Waals surface area contributed by atoms with Gasteiger partial charge in [-0.2, -0.15) is 0 Å². The van der Waals surface area contributed by atoms with Crippen molar-refractivity contribution in [1.82, 2.24) is 19.7 Å². The van der Waals surface area contributed by atoms with Crippen molar-refractivity contribution >= 4 is 17.7 Å². The highest BCUT2D eigenvalue weighted by molar-refractivity contribution is 5.97. The molecule has 1 aromatic carbocycles. The minimum absolute atomic E-state index is 0.0458. The van der Waals surface area contributed by atoms with Gasteiger partial charge < -0.3 is 29.1 Å². The van der Waals surface area contributed by atoms with Crippen LogP contribution in [-0.4, -0.2) is 126 Å². The standard InChI is InChI=1S/C38H56FN5O6/c1-24-16-41(30(17-42-25(2)21-49-22-26(42)3)18-43(24)36(47)50-37(4,5)6)19-33(46)44-23-38(7,8)35-31(44)15-28(34(40-35)32(20-45)48-9)14-27-10-12-29(39)13-11-27/h10-13,15,24-26,30,32,45H,14,16-23H2,1-9H3/t24-,25-,26-,30+,32+/m1/s1. The number of amides is 2. The van der Waals surface area contributed by atoms with Gasteiger partial charge in [-0.1, -0.05) is 26.0 Å². The summed E-state index contributed by atoms with van der Waals surface area (Å²) in [5, 5.41) is 10.2. The maximum absolute atomic E-state index is 14.5. The number of carbonyl (C=O) groups is 2. The number of hydrogen-bond acceptors (Lipinski definition) is 9. The van der Waals surface area contributed by atoms with Gasteiger partial charge in [0, 0.05) is 62.9 Å². The van der Waals surface area contributed by atoms with E-state index in [4.69, 9.17) is 19.2 Å². The van der Waals surface area contributed by atoms with E-state index in [1.54, 1.807) is 12.1 Å². The second kappa shape index (κ2) is 15.2. The molecule has 11 nitrogen and oxygen atoms in total. The van der Waals surface area contributed by atoms with E-state index in [9.17, 15) is 19.1 Å². The number of methoxy groups -OCH3 is 1. The molecule has 0 radical (unpaired) electrons. The molecule has 2 aromatic rings. The van der Waals surface area contributed by atoms with Crippen LogP contribution in [0.25, 0.3) is 0 Å². The van der Waals surface area contributed by atoms with Crippen LogP contribution < -0.4 is 4.90 Å². The quantitative estimate of drug-likeness (QED) is 0.405. The summed E-state index contributed by atoms with van der Waals surface area (Å²) in [6.07, 6.45) is -0.558. The van der Waals surface area contributed by atoms with E-state index in [0.717, 1.165) is 22.5 Å². The summed E-state index contributed by atoms with van der Waals surface area (Å²) in [7, 11) is 1.54. The molecule has 0 spiro atoms. The zero-order valence-electron chi connectivity index (χ0n) is 31.2. The summed E-state index contributed by atoms with van der Waals surface area (Å²) in [6.45, 7) is 19.3. The van der Waals surface area contributed by atoms with Crippen molar-refractivity contribution in [2.24, 2.45) is 0 Å². The number of morpholine rings is 1. The van der Waals surface area contributed by atoms with Gasteiger partial charge in [0.1, 0.15) is 17.5 Å². The second-order valence-corrected chi connectivity index (χ2v) is 16.0. The number of benzene rings is 1. The van der Waals surface area contributed by atoms with Crippen LogP contribution in [-0.2, 0) is 30.8 Å². The number of carbonyl (C=O) groups excluding carboxylic acids is 2. The van der Waals surface area contributed by atoms with Gasteiger partial charge in [-0.25, -0.2) is 9.18 Å². The highest BCUT2D eigenvalue weighted by atomic mass is 19.1. The molecular weight excluding hydrogens is 641 g/mol. The molecule has 3 aliphatic rings. The Morgan fingerprint density at radius 3 is 2.34 bits per heavy atom. The van der Waals surface area contributed by atoms with Crippen LogP contribution in [0.1, 0.15) is 84.0 Å². The molecular formula is C38H56FN5O6. The van der Waals surface area contributed by atoms with Crippen LogP contribution in [0.2, 0.25) is 0 Å². The Bertz CT molecular complexity index is 1500. The number of fused-ring (bicyclic) bond motifs is 1. The molecule has 3 aliphatic heterocycles. The zero-order chi connectivity index (χ0) is 36.5. The monoisotopic (exact) mass is 697 g/mol. The fourth-order valence-corrected chi connectivity index (χ4v) is 7.50. The Labute approximate surface area is 296 Å². The molecule has 0 unspecified atom stereocenters. The predicted octanol–water partition coefficient (Wildman–Crippen LogP) is 4.53. The molecule has 5 rings (SSSR count). The van der Waals surface area contributed by atoms with Gasteiger partial charge in [0.05, 0.1) is 43.4 Å². The smallest absolute Gasteiger partial charge is 0.410 e. The van der Waals surface area contributed by atoms with E-state index < -0.39 is 17.1 Å². The van der Waals surface area contributed by atoms with E-state index in [0.29, 0.717) is 51.5 Å².